The van der Waals surface area contributed by atoms with E-state index in [1.807, 2.05) is 31.2 Å². The van der Waals surface area contributed by atoms with E-state index in [1.165, 1.54) is 0 Å². The van der Waals surface area contributed by atoms with Crippen molar-refractivity contribution in [1.82, 2.24) is 10.6 Å². The number of benzene rings is 3. The van der Waals surface area contributed by atoms with E-state index >= 15 is 0 Å². The molecule has 0 aliphatic heterocycles. The van der Waals surface area contributed by atoms with E-state index in [9.17, 15) is 9.59 Å². The molecule has 138 valence electrons. The van der Waals surface area contributed by atoms with Crippen LogP contribution in [0.4, 0.5) is 0 Å². The van der Waals surface area contributed by atoms with Gasteiger partial charge in [0.2, 0.25) is 0 Å². The summed E-state index contributed by atoms with van der Waals surface area (Å²) in [4.78, 5) is 24.8. The van der Waals surface area contributed by atoms with Gasteiger partial charge in [0.15, 0.2) is 0 Å². The molecule has 5 heteroatoms. The molecule has 0 saturated heterocycles. The van der Waals surface area contributed by atoms with Crippen LogP contribution in [-0.2, 0) is 0 Å². The van der Waals surface area contributed by atoms with Crippen LogP contribution in [0.1, 0.15) is 39.2 Å². The van der Waals surface area contributed by atoms with Crippen molar-refractivity contribution in [3.05, 3.63) is 83.4 Å². The Kier molecular flexibility index (Phi) is 5.84. The molecule has 0 heterocycles. The Morgan fingerprint density at radius 1 is 0.926 bits per heavy atom. The summed E-state index contributed by atoms with van der Waals surface area (Å²) in [5, 5.41) is 7.98. The van der Waals surface area contributed by atoms with E-state index in [-0.39, 0.29) is 17.9 Å². The topological polar surface area (TPSA) is 84.2 Å². The molecular weight excluding hydrogens is 338 g/mol. The lowest BCUT2D eigenvalue weighted by Gasteiger charge is -2.17. The summed E-state index contributed by atoms with van der Waals surface area (Å²) < 4.78 is 0. The van der Waals surface area contributed by atoms with Gasteiger partial charge in [-0.1, -0.05) is 48.5 Å². The van der Waals surface area contributed by atoms with Crippen LogP contribution in [0.2, 0.25) is 0 Å². The van der Waals surface area contributed by atoms with E-state index < -0.39 is 0 Å². The Morgan fingerprint density at radius 2 is 1.59 bits per heavy atom. The molecule has 27 heavy (non-hydrogen) atoms. The molecule has 2 amide bonds. The van der Waals surface area contributed by atoms with E-state index in [0.717, 1.165) is 16.3 Å². The van der Waals surface area contributed by atoms with Crippen molar-refractivity contribution < 1.29 is 9.59 Å². The Morgan fingerprint density at radius 3 is 2.37 bits per heavy atom. The monoisotopic (exact) mass is 361 g/mol. The molecule has 0 fully saturated rings. The zero-order chi connectivity index (χ0) is 19.2. The van der Waals surface area contributed by atoms with Gasteiger partial charge in [0.05, 0.1) is 6.04 Å². The first kappa shape index (κ1) is 18.6. The zero-order valence-corrected chi connectivity index (χ0v) is 15.2. The summed E-state index contributed by atoms with van der Waals surface area (Å²) in [6, 6.07) is 20.7. The Bertz CT molecular complexity index is 963. The highest BCUT2D eigenvalue weighted by atomic mass is 16.2. The number of hydrogen-bond donors (Lipinski definition) is 3. The van der Waals surface area contributed by atoms with Crippen molar-refractivity contribution in [2.24, 2.45) is 5.73 Å². The third-order valence-electron chi connectivity index (χ3n) is 4.45. The fraction of sp³-hybridized carbons (Fsp3) is 0.182. The average Bonchev–Trinajstić information content (AvgIpc) is 2.71. The van der Waals surface area contributed by atoms with Gasteiger partial charge in [-0.3, -0.25) is 9.59 Å². The molecule has 0 aromatic heterocycles. The van der Waals surface area contributed by atoms with Crippen LogP contribution in [0, 0.1) is 0 Å². The van der Waals surface area contributed by atoms with Gasteiger partial charge < -0.3 is 16.4 Å². The van der Waals surface area contributed by atoms with Gasteiger partial charge in [0.1, 0.15) is 0 Å². The number of carbonyl (C=O) groups excluding carboxylic acids is 2. The smallest absolute Gasteiger partial charge is 0.251 e. The minimum absolute atomic E-state index is 0.168. The van der Waals surface area contributed by atoms with Crippen molar-refractivity contribution in [3.63, 3.8) is 0 Å². The predicted octanol–water partition coefficient (Wildman–Crippen LogP) is 3.02. The van der Waals surface area contributed by atoms with Gasteiger partial charge in [0.25, 0.3) is 11.8 Å². The zero-order valence-electron chi connectivity index (χ0n) is 15.2. The maximum atomic E-state index is 12.7. The van der Waals surface area contributed by atoms with Gasteiger partial charge >= 0.3 is 0 Å². The van der Waals surface area contributed by atoms with E-state index in [2.05, 4.69) is 28.8 Å². The van der Waals surface area contributed by atoms with Crippen molar-refractivity contribution in [2.75, 3.05) is 13.1 Å². The van der Waals surface area contributed by atoms with Gasteiger partial charge in [0, 0.05) is 24.2 Å². The minimum Gasteiger partial charge on any atom is -0.351 e. The lowest BCUT2D eigenvalue weighted by molar-refractivity contribution is 0.0940. The second kappa shape index (κ2) is 8.47. The second-order valence-electron chi connectivity index (χ2n) is 6.39. The number of amides is 2. The van der Waals surface area contributed by atoms with E-state index in [1.54, 1.807) is 24.3 Å². The number of rotatable bonds is 6. The molecule has 1 atom stereocenters. The van der Waals surface area contributed by atoms with Crippen molar-refractivity contribution in [2.45, 2.75) is 13.0 Å². The minimum atomic E-state index is -0.239. The second-order valence-corrected chi connectivity index (χ2v) is 6.39. The molecule has 0 bridgehead atoms. The fourth-order valence-electron chi connectivity index (χ4n) is 3.08. The normalized spacial score (nSPS) is 11.8. The molecule has 3 aromatic rings. The van der Waals surface area contributed by atoms with Crippen LogP contribution in [0.25, 0.3) is 10.8 Å². The summed E-state index contributed by atoms with van der Waals surface area (Å²) in [6.07, 6.45) is 0. The number of hydrogen-bond acceptors (Lipinski definition) is 3. The highest BCUT2D eigenvalue weighted by molar-refractivity contribution is 6.00. The maximum absolute atomic E-state index is 12.7. The summed E-state index contributed by atoms with van der Waals surface area (Å²) in [5.41, 5.74) is 7.34. The lowest BCUT2D eigenvalue weighted by atomic mass is 9.99. The molecule has 0 aliphatic rings. The van der Waals surface area contributed by atoms with Gasteiger partial charge in [-0.15, -0.1) is 0 Å². The molecule has 5 nitrogen and oxygen atoms in total. The van der Waals surface area contributed by atoms with Crippen LogP contribution < -0.4 is 16.4 Å². The third kappa shape index (κ3) is 4.33. The lowest BCUT2D eigenvalue weighted by Crippen LogP contribution is -2.30. The van der Waals surface area contributed by atoms with Gasteiger partial charge in [-0.2, -0.15) is 0 Å². The van der Waals surface area contributed by atoms with Gasteiger partial charge in [-0.05, 0) is 41.5 Å². The summed E-state index contributed by atoms with van der Waals surface area (Å²) in [5.74, 6) is -0.457. The molecule has 3 aromatic carbocycles. The number of nitrogens with two attached hydrogens (primary N) is 1. The summed E-state index contributed by atoms with van der Waals surface area (Å²) in [6.45, 7) is 2.72. The molecule has 0 aliphatic carbocycles. The highest BCUT2D eigenvalue weighted by Gasteiger charge is 2.15. The van der Waals surface area contributed by atoms with Crippen LogP contribution in [0.5, 0.6) is 0 Å². The Hall–Kier alpha value is -3.18. The molecule has 0 radical (unpaired) electrons. The summed E-state index contributed by atoms with van der Waals surface area (Å²) in [7, 11) is 0. The molecule has 0 saturated carbocycles. The number of carbonyl (C=O) groups is 2. The van der Waals surface area contributed by atoms with E-state index in [0.29, 0.717) is 24.2 Å². The first-order chi connectivity index (χ1) is 13.1. The standard InChI is InChI=1S/C22H23N3O2/c1-15(19-11-5-7-16-6-2-3-10-20(16)19)25-22(27)18-9-4-8-17(14-18)21(26)24-13-12-23/h2-11,14-15H,12-13,23H2,1H3,(H,24,26)(H,25,27)/t15-/m1/s1. The average molecular weight is 361 g/mol. The fourth-order valence-corrected chi connectivity index (χ4v) is 3.08. The van der Waals surface area contributed by atoms with Crippen LogP contribution in [-0.4, -0.2) is 24.9 Å². The molecular formula is C22H23N3O2. The molecule has 4 N–H and O–H groups in total. The maximum Gasteiger partial charge on any atom is 0.251 e. The third-order valence-corrected chi connectivity index (χ3v) is 4.45. The largest absolute Gasteiger partial charge is 0.351 e. The number of nitrogens with one attached hydrogen (secondary N) is 2. The SMILES string of the molecule is C[C@@H](NC(=O)c1cccc(C(=O)NCCN)c1)c1cccc2ccccc12. The molecule has 0 unspecified atom stereocenters. The first-order valence-electron chi connectivity index (χ1n) is 8.97. The van der Waals surface area contributed by atoms with Crippen LogP contribution in [0.3, 0.4) is 0 Å². The summed E-state index contributed by atoms with van der Waals surface area (Å²) >= 11 is 0. The predicted molar refractivity (Wildman–Crippen MR) is 108 cm³/mol. The van der Waals surface area contributed by atoms with Crippen molar-refractivity contribution in [3.8, 4) is 0 Å². The Labute approximate surface area is 158 Å². The van der Waals surface area contributed by atoms with Crippen LogP contribution >= 0.6 is 0 Å². The first-order valence-corrected chi connectivity index (χ1v) is 8.97. The Balaban J connectivity index is 1.78. The van der Waals surface area contributed by atoms with Gasteiger partial charge in [-0.25, -0.2) is 0 Å². The quantitative estimate of drug-likeness (QED) is 0.631. The van der Waals surface area contributed by atoms with Crippen molar-refractivity contribution in [1.29, 1.82) is 0 Å². The molecule has 0 spiro atoms. The van der Waals surface area contributed by atoms with E-state index in [4.69, 9.17) is 5.73 Å². The number of fused-ring (bicyclic) bond motifs is 1. The molecule has 3 rings (SSSR count). The highest BCUT2D eigenvalue weighted by Crippen LogP contribution is 2.24. The van der Waals surface area contributed by atoms with Crippen molar-refractivity contribution >= 4 is 22.6 Å². The van der Waals surface area contributed by atoms with Crippen LogP contribution in [0.15, 0.2) is 66.7 Å².